The van der Waals surface area contributed by atoms with Crippen LogP contribution in [-0.4, -0.2) is 23.7 Å². The van der Waals surface area contributed by atoms with Crippen LogP contribution in [0.4, 0.5) is 0 Å². The Morgan fingerprint density at radius 3 is 2.29 bits per heavy atom. The van der Waals surface area contributed by atoms with E-state index in [1.165, 1.54) is 0 Å². The number of ether oxygens (including phenoxy) is 1. The first-order valence-corrected chi connectivity index (χ1v) is 4.72. The van der Waals surface area contributed by atoms with Gasteiger partial charge in [-0.3, -0.25) is 0 Å². The van der Waals surface area contributed by atoms with E-state index in [-0.39, 0.29) is 6.61 Å². The van der Waals surface area contributed by atoms with Crippen molar-refractivity contribution in [1.82, 2.24) is 0 Å². The number of esters is 1. The van der Waals surface area contributed by atoms with Gasteiger partial charge in [0.1, 0.15) is 0 Å². The number of halogens is 2. The Morgan fingerprint density at radius 1 is 1.29 bits per heavy atom. The van der Waals surface area contributed by atoms with Crippen molar-refractivity contribution in [2.24, 2.45) is 0 Å². The molecule has 0 aliphatic heterocycles. The van der Waals surface area contributed by atoms with Crippen molar-refractivity contribution in [2.45, 2.75) is 19.8 Å². The Balaban J connectivity index is 4.25. The number of hydrogen-bond acceptors (Lipinski definition) is 3. The van der Waals surface area contributed by atoms with Crippen LogP contribution in [0.3, 0.4) is 0 Å². The minimum atomic E-state index is -1.45. The molecule has 0 amide bonds. The lowest BCUT2D eigenvalue weighted by molar-refractivity contribution is -0.139. The summed E-state index contributed by atoms with van der Waals surface area (Å²) in [4.78, 5) is 21.3. The van der Waals surface area contributed by atoms with Gasteiger partial charge in [0.2, 0.25) is 0 Å². The fraction of sp³-hybridized carbons (Fsp3) is 0.500. The number of carboxylic acids is 1. The monoisotopic (exact) mass is 240 g/mol. The Morgan fingerprint density at radius 2 is 1.86 bits per heavy atom. The van der Waals surface area contributed by atoms with Crippen molar-refractivity contribution >= 4 is 35.1 Å². The standard InChI is InChI=1S/C8H10Cl2O4/c1-2-3-4-14-8(13)6(10)5(9)7(11)12/h2-4H2,1H3,(H,11,12). The molecule has 0 aliphatic carbocycles. The van der Waals surface area contributed by atoms with Crippen LogP contribution in [0.2, 0.25) is 0 Å². The lowest BCUT2D eigenvalue weighted by Gasteiger charge is -2.02. The molecular formula is C8H10Cl2O4. The van der Waals surface area contributed by atoms with Crippen molar-refractivity contribution < 1.29 is 19.4 Å². The van der Waals surface area contributed by atoms with E-state index in [1.54, 1.807) is 0 Å². The van der Waals surface area contributed by atoms with Crippen LogP contribution in [0.25, 0.3) is 0 Å². The van der Waals surface area contributed by atoms with Gasteiger partial charge in [0.15, 0.2) is 10.1 Å². The van der Waals surface area contributed by atoms with E-state index in [1.807, 2.05) is 6.92 Å². The Kier molecular flexibility index (Phi) is 6.32. The quantitative estimate of drug-likeness (QED) is 0.454. The second-order valence-electron chi connectivity index (χ2n) is 2.42. The number of rotatable bonds is 5. The molecule has 0 aliphatic rings. The number of hydrogen-bond donors (Lipinski definition) is 1. The third kappa shape index (κ3) is 4.48. The van der Waals surface area contributed by atoms with E-state index in [9.17, 15) is 9.59 Å². The molecule has 0 atom stereocenters. The third-order valence-electron chi connectivity index (χ3n) is 1.29. The number of carbonyl (C=O) groups excluding carboxylic acids is 1. The topological polar surface area (TPSA) is 63.6 Å². The summed E-state index contributed by atoms with van der Waals surface area (Å²) >= 11 is 10.6. The van der Waals surface area contributed by atoms with Gasteiger partial charge < -0.3 is 9.84 Å². The summed E-state index contributed by atoms with van der Waals surface area (Å²) in [6.07, 6.45) is 1.56. The molecular weight excluding hydrogens is 231 g/mol. The van der Waals surface area contributed by atoms with Gasteiger partial charge in [0.05, 0.1) is 6.61 Å². The molecule has 0 spiro atoms. The highest BCUT2D eigenvalue weighted by Crippen LogP contribution is 2.15. The largest absolute Gasteiger partial charge is 0.477 e. The van der Waals surface area contributed by atoms with Crippen LogP contribution in [0.1, 0.15) is 19.8 Å². The van der Waals surface area contributed by atoms with Crippen LogP contribution < -0.4 is 0 Å². The van der Waals surface area contributed by atoms with Crippen molar-refractivity contribution in [1.29, 1.82) is 0 Å². The number of unbranched alkanes of at least 4 members (excludes halogenated alkanes) is 1. The second-order valence-corrected chi connectivity index (χ2v) is 3.18. The molecule has 0 saturated carbocycles. The molecule has 14 heavy (non-hydrogen) atoms. The van der Waals surface area contributed by atoms with E-state index in [0.717, 1.165) is 6.42 Å². The van der Waals surface area contributed by atoms with E-state index in [4.69, 9.17) is 28.3 Å². The zero-order valence-electron chi connectivity index (χ0n) is 7.55. The van der Waals surface area contributed by atoms with Gasteiger partial charge in [-0.15, -0.1) is 0 Å². The molecule has 0 radical (unpaired) electrons. The van der Waals surface area contributed by atoms with Gasteiger partial charge in [-0.1, -0.05) is 36.5 Å². The minimum Gasteiger partial charge on any atom is -0.477 e. The van der Waals surface area contributed by atoms with Gasteiger partial charge in [-0.2, -0.15) is 0 Å². The maximum absolute atomic E-state index is 11.0. The van der Waals surface area contributed by atoms with Crippen LogP contribution in [-0.2, 0) is 14.3 Å². The molecule has 1 N–H and O–H groups in total. The molecule has 0 aromatic carbocycles. The summed E-state index contributed by atoms with van der Waals surface area (Å²) in [7, 11) is 0. The lowest BCUT2D eigenvalue weighted by atomic mass is 10.4. The number of carboxylic acid groups (broad SMARTS) is 1. The van der Waals surface area contributed by atoms with Gasteiger partial charge >= 0.3 is 11.9 Å². The summed E-state index contributed by atoms with van der Waals surface area (Å²) in [5.41, 5.74) is 0. The summed E-state index contributed by atoms with van der Waals surface area (Å²) in [5.74, 6) is -2.36. The summed E-state index contributed by atoms with van der Waals surface area (Å²) < 4.78 is 4.64. The average molecular weight is 241 g/mol. The number of carbonyl (C=O) groups is 2. The Hall–Kier alpha value is -0.740. The second kappa shape index (κ2) is 6.68. The summed E-state index contributed by atoms with van der Waals surface area (Å²) in [5, 5.41) is 7.06. The third-order valence-corrected chi connectivity index (χ3v) is 2.08. The molecule has 0 rings (SSSR count). The van der Waals surface area contributed by atoms with E-state index >= 15 is 0 Å². The summed E-state index contributed by atoms with van der Waals surface area (Å²) in [6, 6.07) is 0. The fourth-order valence-electron chi connectivity index (χ4n) is 0.556. The van der Waals surface area contributed by atoms with Gasteiger partial charge in [-0.25, -0.2) is 9.59 Å². The normalized spacial score (nSPS) is 11.9. The zero-order chi connectivity index (χ0) is 11.1. The SMILES string of the molecule is CCCCOC(=O)C(Cl)=C(Cl)C(=O)O. The predicted molar refractivity (Wildman–Crippen MR) is 52.2 cm³/mol. The molecule has 0 saturated heterocycles. The molecule has 0 aromatic rings. The van der Waals surface area contributed by atoms with Crippen molar-refractivity contribution in [3.05, 3.63) is 10.1 Å². The molecule has 80 valence electrons. The van der Waals surface area contributed by atoms with E-state index in [2.05, 4.69) is 4.74 Å². The maximum Gasteiger partial charge on any atom is 0.351 e. The first kappa shape index (κ1) is 13.3. The molecule has 0 heterocycles. The van der Waals surface area contributed by atoms with Crippen molar-refractivity contribution in [2.75, 3.05) is 6.61 Å². The highest BCUT2D eigenvalue weighted by Gasteiger charge is 2.17. The Labute approximate surface area is 91.4 Å². The molecule has 0 fully saturated rings. The Bertz CT molecular complexity index is 260. The number of aliphatic carboxylic acids is 1. The van der Waals surface area contributed by atoms with Crippen molar-refractivity contribution in [3.8, 4) is 0 Å². The molecule has 0 aromatic heterocycles. The highest BCUT2D eigenvalue weighted by atomic mass is 35.5. The van der Waals surface area contributed by atoms with Gasteiger partial charge in [0.25, 0.3) is 0 Å². The molecule has 0 bridgehead atoms. The van der Waals surface area contributed by atoms with Crippen LogP contribution in [0, 0.1) is 0 Å². The van der Waals surface area contributed by atoms with Gasteiger partial charge in [-0.05, 0) is 6.42 Å². The summed E-state index contributed by atoms with van der Waals surface area (Å²) in [6.45, 7) is 2.13. The van der Waals surface area contributed by atoms with Crippen LogP contribution in [0.15, 0.2) is 10.1 Å². The predicted octanol–water partition coefficient (Wildman–Crippen LogP) is 2.10. The first-order valence-electron chi connectivity index (χ1n) is 3.96. The average Bonchev–Trinajstić information content (AvgIpc) is 2.15. The smallest absolute Gasteiger partial charge is 0.351 e. The van der Waals surface area contributed by atoms with Gasteiger partial charge in [0, 0.05) is 0 Å². The minimum absolute atomic E-state index is 0.204. The first-order chi connectivity index (χ1) is 6.50. The maximum atomic E-state index is 11.0. The lowest BCUT2D eigenvalue weighted by Crippen LogP contribution is -2.09. The fourth-order valence-corrected chi connectivity index (χ4v) is 0.769. The molecule has 4 nitrogen and oxygen atoms in total. The van der Waals surface area contributed by atoms with Crippen molar-refractivity contribution in [3.63, 3.8) is 0 Å². The van der Waals surface area contributed by atoms with E-state index in [0.29, 0.717) is 6.42 Å². The van der Waals surface area contributed by atoms with Crippen LogP contribution >= 0.6 is 23.2 Å². The molecule has 6 heteroatoms. The zero-order valence-corrected chi connectivity index (χ0v) is 9.06. The highest BCUT2D eigenvalue weighted by molar-refractivity contribution is 6.52. The van der Waals surface area contributed by atoms with E-state index < -0.39 is 22.0 Å². The van der Waals surface area contributed by atoms with Crippen LogP contribution in [0.5, 0.6) is 0 Å². The molecule has 0 unspecified atom stereocenters.